The molecule has 0 unspecified atom stereocenters. The topological polar surface area (TPSA) is 94.6 Å². The molecule has 30 heavy (non-hydrogen) atoms. The molecule has 0 radical (unpaired) electrons. The van der Waals surface area contributed by atoms with Gasteiger partial charge in [0.05, 0.1) is 46.6 Å². The summed E-state index contributed by atoms with van der Waals surface area (Å²) in [7, 11) is 2.51. The van der Waals surface area contributed by atoms with Gasteiger partial charge in [-0.05, 0) is 43.0 Å². The Morgan fingerprint density at radius 3 is 2.53 bits per heavy atom. The highest BCUT2D eigenvalue weighted by Gasteiger charge is 2.18. The highest BCUT2D eigenvalue weighted by Crippen LogP contribution is 2.32. The maximum atomic E-state index is 12.6. The van der Waals surface area contributed by atoms with Crippen molar-refractivity contribution in [2.24, 2.45) is 0 Å². The maximum Gasteiger partial charge on any atom is 0.339 e. The van der Waals surface area contributed by atoms with Crippen LogP contribution in [0.15, 0.2) is 35.7 Å². The van der Waals surface area contributed by atoms with Crippen LogP contribution in [0.5, 0.6) is 0 Å². The summed E-state index contributed by atoms with van der Waals surface area (Å²) < 4.78 is 9.47. The van der Waals surface area contributed by atoms with Gasteiger partial charge in [0.15, 0.2) is 0 Å². The highest BCUT2D eigenvalue weighted by molar-refractivity contribution is 7.15. The normalized spacial score (nSPS) is 10.5. The summed E-state index contributed by atoms with van der Waals surface area (Å²) in [5, 5.41) is 5.64. The monoisotopic (exact) mass is 444 g/mol. The average molecular weight is 445 g/mol. The van der Waals surface area contributed by atoms with Crippen LogP contribution in [0.1, 0.15) is 37.0 Å². The lowest BCUT2D eigenvalue weighted by molar-refractivity contribution is -0.116. The second-order valence-corrected chi connectivity index (χ2v) is 8.51. The number of hydrogen-bond acceptors (Lipinski definition) is 8. The largest absolute Gasteiger partial charge is 0.465 e. The average Bonchev–Trinajstić information content (AvgIpc) is 3.40. The van der Waals surface area contributed by atoms with Gasteiger partial charge in [-0.3, -0.25) is 4.79 Å². The number of carbonyl (C=O) groups excluding carboxylic acids is 3. The van der Waals surface area contributed by atoms with Crippen LogP contribution in [0, 0.1) is 6.92 Å². The zero-order valence-corrected chi connectivity index (χ0v) is 18.3. The minimum atomic E-state index is -0.611. The van der Waals surface area contributed by atoms with E-state index in [9.17, 15) is 14.4 Å². The van der Waals surface area contributed by atoms with Crippen molar-refractivity contribution in [1.82, 2.24) is 4.98 Å². The zero-order chi connectivity index (χ0) is 21.7. The van der Waals surface area contributed by atoms with Crippen molar-refractivity contribution in [3.05, 3.63) is 56.7 Å². The van der Waals surface area contributed by atoms with Crippen LogP contribution >= 0.6 is 22.7 Å². The number of amides is 1. The standard InChI is InChI=1S/C21H20N2O5S2/c1-12-22-19(16-5-4-10-29-16)17(30-12)8-9-18(24)23-15-11-13(20(25)27-2)6-7-14(15)21(26)28-3/h4-7,10-11H,8-9H2,1-3H3,(H,23,24). The van der Waals surface area contributed by atoms with Crippen LogP contribution in [-0.4, -0.2) is 37.0 Å². The SMILES string of the molecule is COC(=O)c1ccc(C(=O)OC)c(NC(=O)CCc2sc(C)nc2-c2cccs2)c1. The number of nitrogens with one attached hydrogen (secondary N) is 1. The second-order valence-electron chi connectivity index (χ2n) is 6.27. The molecule has 0 atom stereocenters. The van der Waals surface area contributed by atoms with E-state index in [1.54, 1.807) is 22.7 Å². The molecule has 9 heteroatoms. The van der Waals surface area contributed by atoms with E-state index < -0.39 is 11.9 Å². The van der Waals surface area contributed by atoms with Crippen LogP contribution in [0.3, 0.4) is 0 Å². The zero-order valence-electron chi connectivity index (χ0n) is 16.7. The van der Waals surface area contributed by atoms with Gasteiger partial charge in [-0.15, -0.1) is 22.7 Å². The van der Waals surface area contributed by atoms with Gasteiger partial charge in [-0.2, -0.15) is 0 Å². The van der Waals surface area contributed by atoms with E-state index in [-0.39, 0.29) is 29.1 Å². The number of rotatable bonds is 7. The number of aryl methyl sites for hydroxylation is 2. The molecule has 0 bridgehead atoms. The Labute approximate surface area is 181 Å². The first-order chi connectivity index (χ1) is 14.4. The Balaban J connectivity index is 1.76. The van der Waals surface area contributed by atoms with Crippen molar-refractivity contribution < 1.29 is 23.9 Å². The number of aromatic nitrogens is 1. The summed E-state index contributed by atoms with van der Waals surface area (Å²) in [5.41, 5.74) is 1.49. The van der Waals surface area contributed by atoms with Crippen molar-refractivity contribution in [1.29, 1.82) is 0 Å². The van der Waals surface area contributed by atoms with Gasteiger partial charge in [0, 0.05) is 11.3 Å². The van der Waals surface area contributed by atoms with E-state index in [4.69, 9.17) is 9.47 Å². The second kappa shape index (κ2) is 9.64. The van der Waals surface area contributed by atoms with Gasteiger partial charge in [0.25, 0.3) is 0 Å². The fourth-order valence-corrected chi connectivity index (χ4v) is 4.62. The molecular weight excluding hydrogens is 424 g/mol. The van der Waals surface area contributed by atoms with Crippen LogP contribution in [0.25, 0.3) is 10.6 Å². The number of nitrogens with zero attached hydrogens (tertiary/aromatic N) is 1. The lowest BCUT2D eigenvalue weighted by atomic mass is 10.1. The molecule has 0 spiro atoms. The maximum absolute atomic E-state index is 12.6. The molecular formula is C21H20N2O5S2. The molecule has 3 rings (SSSR count). The summed E-state index contributed by atoms with van der Waals surface area (Å²) in [6.07, 6.45) is 0.706. The summed E-state index contributed by atoms with van der Waals surface area (Å²) >= 11 is 3.17. The molecule has 1 amide bonds. The Kier molecular flexibility index (Phi) is 6.96. The van der Waals surface area contributed by atoms with Gasteiger partial charge in [0.2, 0.25) is 5.91 Å². The van der Waals surface area contributed by atoms with Gasteiger partial charge in [-0.1, -0.05) is 6.07 Å². The fourth-order valence-electron chi connectivity index (χ4n) is 2.86. The first-order valence-corrected chi connectivity index (χ1v) is 10.7. The summed E-state index contributed by atoms with van der Waals surface area (Å²) in [6.45, 7) is 1.94. The van der Waals surface area contributed by atoms with E-state index in [2.05, 4.69) is 10.3 Å². The highest BCUT2D eigenvalue weighted by atomic mass is 32.1. The van der Waals surface area contributed by atoms with E-state index in [0.29, 0.717) is 6.42 Å². The third-order valence-corrected chi connectivity index (χ3v) is 6.17. The number of anilines is 1. The minimum absolute atomic E-state index is 0.159. The van der Waals surface area contributed by atoms with Crippen LogP contribution in [-0.2, 0) is 20.7 Å². The van der Waals surface area contributed by atoms with Crippen molar-refractivity contribution in [3.8, 4) is 10.6 Å². The summed E-state index contributed by atoms with van der Waals surface area (Å²) in [6, 6.07) is 8.25. The van der Waals surface area contributed by atoms with E-state index in [1.165, 1.54) is 32.4 Å². The van der Waals surface area contributed by atoms with Crippen molar-refractivity contribution >= 4 is 46.2 Å². The molecule has 0 aliphatic heterocycles. The van der Waals surface area contributed by atoms with Crippen molar-refractivity contribution in [2.45, 2.75) is 19.8 Å². The predicted octanol–water partition coefficient (Wildman–Crippen LogP) is 4.32. The van der Waals surface area contributed by atoms with E-state index in [1.807, 2.05) is 24.4 Å². The number of carbonyl (C=O) groups is 3. The van der Waals surface area contributed by atoms with Gasteiger partial charge < -0.3 is 14.8 Å². The molecule has 1 aromatic carbocycles. The fraction of sp³-hybridized carbons (Fsp3) is 0.238. The number of hydrogen-bond donors (Lipinski definition) is 1. The van der Waals surface area contributed by atoms with Crippen LogP contribution < -0.4 is 5.32 Å². The number of benzene rings is 1. The molecule has 0 aliphatic rings. The molecule has 1 N–H and O–H groups in total. The first kappa shape index (κ1) is 21.7. The molecule has 0 saturated heterocycles. The van der Waals surface area contributed by atoms with Gasteiger partial charge in [-0.25, -0.2) is 14.6 Å². The van der Waals surface area contributed by atoms with Crippen molar-refractivity contribution in [3.63, 3.8) is 0 Å². The lowest BCUT2D eigenvalue weighted by Crippen LogP contribution is -2.16. The van der Waals surface area contributed by atoms with Crippen molar-refractivity contribution in [2.75, 3.05) is 19.5 Å². The number of thiazole rings is 1. The van der Waals surface area contributed by atoms with Crippen LogP contribution in [0.4, 0.5) is 5.69 Å². The Hall–Kier alpha value is -3.04. The molecule has 0 saturated carbocycles. The quantitative estimate of drug-likeness (QED) is 0.545. The predicted molar refractivity (Wildman–Crippen MR) is 116 cm³/mol. The van der Waals surface area contributed by atoms with Gasteiger partial charge >= 0.3 is 11.9 Å². The number of methoxy groups -OCH3 is 2. The smallest absolute Gasteiger partial charge is 0.339 e. The molecule has 2 heterocycles. The summed E-state index contributed by atoms with van der Waals surface area (Å²) in [5.74, 6) is -1.47. The molecule has 2 aromatic heterocycles. The van der Waals surface area contributed by atoms with Crippen LogP contribution in [0.2, 0.25) is 0 Å². The Morgan fingerprint density at radius 1 is 1.10 bits per heavy atom. The third kappa shape index (κ3) is 4.92. The van der Waals surface area contributed by atoms with Gasteiger partial charge in [0.1, 0.15) is 0 Å². The Bertz CT molecular complexity index is 1070. The number of esters is 2. The van der Waals surface area contributed by atoms with E-state index >= 15 is 0 Å². The minimum Gasteiger partial charge on any atom is -0.465 e. The number of ether oxygens (including phenoxy) is 2. The number of thiophene rings is 1. The lowest BCUT2D eigenvalue weighted by Gasteiger charge is -2.11. The Morgan fingerprint density at radius 2 is 1.87 bits per heavy atom. The van der Waals surface area contributed by atoms with E-state index in [0.717, 1.165) is 20.5 Å². The summed E-state index contributed by atoms with van der Waals surface area (Å²) in [4.78, 5) is 43.1. The molecule has 0 aliphatic carbocycles. The molecule has 7 nitrogen and oxygen atoms in total. The molecule has 0 fully saturated rings. The molecule has 156 valence electrons. The first-order valence-electron chi connectivity index (χ1n) is 9.03. The molecule has 3 aromatic rings. The third-order valence-electron chi connectivity index (χ3n) is 4.26.